The molecule has 6 heteroatoms. The van der Waals surface area contributed by atoms with Crippen molar-refractivity contribution in [2.45, 2.75) is 39.4 Å². The average Bonchev–Trinajstić information content (AvgIpc) is 3.16. The van der Waals surface area contributed by atoms with Gasteiger partial charge in [0.2, 0.25) is 0 Å². The van der Waals surface area contributed by atoms with E-state index in [1.807, 2.05) is 19.9 Å². The second kappa shape index (κ2) is 7.70. The summed E-state index contributed by atoms with van der Waals surface area (Å²) in [7, 11) is 1.80. The monoisotopic (exact) mass is 342 g/mol. The van der Waals surface area contributed by atoms with Crippen LogP contribution in [0.3, 0.4) is 0 Å². The van der Waals surface area contributed by atoms with Crippen LogP contribution in [0.15, 0.2) is 34.9 Å². The second-order valence-corrected chi connectivity index (χ2v) is 6.81. The van der Waals surface area contributed by atoms with Gasteiger partial charge >= 0.3 is 6.03 Å². The third kappa shape index (κ3) is 4.39. The van der Waals surface area contributed by atoms with Crippen LogP contribution in [0.5, 0.6) is 0 Å². The molecule has 1 N–H and O–H groups in total. The van der Waals surface area contributed by atoms with Crippen LogP contribution in [-0.4, -0.2) is 47.2 Å². The standard InChI is InChI=1S/C19H26N4O2/c1-14-18(15(2)25-21-14)13-22(3)19(24)20-17-9-10-23(12-17)11-16-7-5-4-6-8-16/h4-8,17H,9-13H2,1-3H3,(H,20,24). The summed E-state index contributed by atoms with van der Waals surface area (Å²) in [6.07, 6.45) is 0.984. The lowest BCUT2D eigenvalue weighted by molar-refractivity contribution is 0.202. The van der Waals surface area contributed by atoms with Crippen molar-refractivity contribution in [1.29, 1.82) is 0 Å². The van der Waals surface area contributed by atoms with Crippen LogP contribution < -0.4 is 5.32 Å². The molecule has 1 unspecified atom stereocenters. The SMILES string of the molecule is Cc1noc(C)c1CN(C)C(=O)NC1CCN(Cc2ccccc2)C1. The summed E-state index contributed by atoms with van der Waals surface area (Å²) in [5.74, 6) is 0.770. The first-order valence-corrected chi connectivity index (χ1v) is 8.72. The van der Waals surface area contributed by atoms with Crippen molar-refractivity contribution in [2.75, 3.05) is 20.1 Å². The van der Waals surface area contributed by atoms with E-state index in [0.717, 1.165) is 43.1 Å². The minimum Gasteiger partial charge on any atom is -0.361 e. The van der Waals surface area contributed by atoms with Gasteiger partial charge in [0.15, 0.2) is 0 Å². The number of rotatable bonds is 5. The fraction of sp³-hybridized carbons (Fsp3) is 0.474. The van der Waals surface area contributed by atoms with Crippen molar-refractivity contribution in [1.82, 2.24) is 20.3 Å². The Morgan fingerprint density at radius 3 is 2.80 bits per heavy atom. The Bertz CT molecular complexity index is 694. The highest BCUT2D eigenvalue weighted by molar-refractivity contribution is 5.74. The van der Waals surface area contributed by atoms with Gasteiger partial charge in [-0.1, -0.05) is 35.5 Å². The number of urea groups is 1. The molecular weight excluding hydrogens is 316 g/mol. The maximum absolute atomic E-state index is 12.5. The summed E-state index contributed by atoms with van der Waals surface area (Å²) in [4.78, 5) is 16.5. The number of nitrogens with one attached hydrogen (secondary N) is 1. The van der Waals surface area contributed by atoms with Crippen molar-refractivity contribution in [3.8, 4) is 0 Å². The molecule has 1 saturated heterocycles. The van der Waals surface area contributed by atoms with Gasteiger partial charge in [0.05, 0.1) is 12.2 Å². The van der Waals surface area contributed by atoms with Crippen molar-refractivity contribution in [2.24, 2.45) is 0 Å². The van der Waals surface area contributed by atoms with E-state index in [4.69, 9.17) is 4.52 Å². The van der Waals surface area contributed by atoms with Crippen molar-refractivity contribution in [3.63, 3.8) is 0 Å². The maximum Gasteiger partial charge on any atom is 0.317 e. The van der Waals surface area contributed by atoms with Crippen molar-refractivity contribution in [3.05, 3.63) is 52.9 Å². The molecular formula is C19H26N4O2. The summed E-state index contributed by atoms with van der Waals surface area (Å²) >= 11 is 0. The zero-order chi connectivity index (χ0) is 17.8. The predicted octanol–water partition coefficient (Wildman–Crippen LogP) is 2.71. The number of likely N-dealkylation sites (tertiary alicyclic amines) is 1. The van der Waals surface area contributed by atoms with E-state index >= 15 is 0 Å². The number of aryl methyl sites for hydroxylation is 2. The molecule has 0 radical (unpaired) electrons. The molecule has 0 bridgehead atoms. The Labute approximate surface area is 148 Å². The number of amides is 2. The lowest BCUT2D eigenvalue weighted by atomic mass is 10.2. The molecule has 1 aromatic carbocycles. The van der Waals surface area contributed by atoms with E-state index in [-0.39, 0.29) is 12.1 Å². The predicted molar refractivity (Wildman–Crippen MR) is 96.1 cm³/mol. The molecule has 2 heterocycles. The highest BCUT2D eigenvalue weighted by Gasteiger charge is 2.25. The summed E-state index contributed by atoms with van der Waals surface area (Å²) in [6.45, 7) is 7.11. The maximum atomic E-state index is 12.5. The number of hydrogen-bond donors (Lipinski definition) is 1. The van der Waals surface area contributed by atoms with Crippen LogP contribution in [0.4, 0.5) is 4.79 Å². The molecule has 134 valence electrons. The minimum absolute atomic E-state index is 0.0495. The van der Waals surface area contributed by atoms with Gasteiger partial charge in [0, 0.05) is 38.3 Å². The molecule has 2 aromatic rings. The molecule has 2 amide bonds. The third-order valence-electron chi connectivity index (χ3n) is 4.77. The lowest BCUT2D eigenvalue weighted by Crippen LogP contribution is -2.44. The van der Waals surface area contributed by atoms with Crippen LogP contribution in [0, 0.1) is 13.8 Å². The second-order valence-electron chi connectivity index (χ2n) is 6.81. The van der Waals surface area contributed by atoms with Crippen molar-refractivity contribution < 1.29 is 9.32 Å². The minimum atomic E-state index is -0.0495. The number of benzene rings is 1. The fourth-order valence-corrected chi connectivity index (χ4v) is 3.26. The van der Waals surface area contributed by atoms with Gasteiger partial charge in [0.1, 0.15) is 5.76 Å². The largest absolute Gasteiger partial charge is 0.361 e. The molecule has 0 spiro atoms. The van der Waals surface area contributed by atoms with Gasteiger partial charge in [-0.25, -0.2) is 4.79 Å². The molecule has 1 aliphatic rings. The van der Waals surface area contributed by atoms with E-state index in [1.165, 1.54) is 5.56 Å². The van der Waals surface area contributed by atoms with Crippen LogP contribution >= 0.6 is 0 Å². The molecule has 6 nitrogen and oxygen atoms in total. The Balaban J connectivity index is 1.48. The normalized spacial score (nSPS) is 17.6. The number of nitrogens with zero attached hydrogens (tertiary/aromatic N) is 3. The van der Waals surface area contributed by atoms with E-state index in [2.05, 4.69) is 39.6 Å². The summed E-state index contributed by atoms with van der Waals surface area (Å²) in [6, 6.07) is 10.6. The van der Waals surface area contributed by atoms with Crippen molar-refractivity contribution >= 4 is 6.03 Å². The number of carbonyl (C=O) groups excluding carboxylic acids is 1. The highest BCUT2D eigenvalue weighted by Crippen LogP contribution is 2.16. The topological polar surface area (TPSA) is 61.6 Å². The molecule has 25 heavy (non-hydrogen) atoms. The summed E-state index contributed by atoms with van der Waals surface area (Å²) in [5.41, 5.74) is 3.13. The van der Waals surface area contributed by atoms with Gasteiger partial charge in [-0.15, -0.1) is 0 Å². The van der Waals surface area contributed by atoms with E-state index in [1.54, 1.807) is 11.9 Å². The van der Waals surface area contributed by atoms with Gasteiger partial charge in [-0.3, -0.25) is 4.90 Å². The molecule has 1 aromatic heterocycles. The summed E-state index contributed by atoms with van der Waals surface area (Å²) in [5, 5.41) is 7.08. The average molecular weight is 342 g/mol. The zero-order valence-corrected chi connectivity index (χ0v) is 15.2. The van der Waals surface area contributed by atoms with Crippen LogP contribution in [0.2, 0.25) is 0 Å². The van der Waals surface area contributed by atoms with E-state index < -0.39 is 0 Å². The van der Waals surface area contributed by atoms with Gasteiger partial charge in [0.25, 0.3) is 0 Å². The van der Waals surface area contributed by atoms with E-state index in [0.29, 0.717) is 6.54 Å². The van der Waals surface area contributed by atoms with Gasteiger partial charge < -0.3 is 14.7 Å². The first-order chi connectivity index (χ1) is 12.0. The summed E-state index contributed by atoms with van der Waals surface area (Å²) < 4.78 is 5.16. The Morgan fingerprint density at radius 1 is 1.36 bits per heavy atom. The zero-order valence-electron chi connectivity index (χ0n) is 15.2. The molecule has 1 fully saturated rings. The van der Waals surface area contributed by atoms with Crippen LogP contribution in [0.1, 0.15) is 29.0 Å². The third-order valence-corrected chi connectivity index (χ3v) is 4.77. The smallest absolute Gasteiger partial charge is 0.317 e. The fourth-order valence-electron chi connectivity index (χ4n) is 3.26. The number of carbonyl (C=O) groups is 1. The highest BCUT2D eigenvalue weighted by atomic mass is 16.5. The number of hydrogen-bond acceptors (Lipinski definition) is 4. The quantitative estimate of drug-likeness (QED) is 0.907. The molecule has 1 aliphatic heterocycles. The molecule has 0 saturated carbocycles. The first kappa shape index (κ1) is 17.5. The Kier molecular flexibility index (Phi) is 5.38. The Hall–Kier alpha value is -2.34. The molecule has 3 rings (SSSR count). The van der Waals surface area contributed by atoms with Gasteiger partial charge in [-0.05, 0) is 25.8 Å². The lowest BCUT2D eigenvalue weighted by Gasteiger charge is -2.21. The number of aromatic nitrogens is 1. The van der Waals surface area contributed by atoms with Crippen LogP contribution in [0.25, 0.3) is 0 Å². The van der Waals surface area contributed by atoms with Gasteiger partial charge in [-0.2, -0.15) is 0 Å². The van der Waals surface area contributed by atoms with Crippen LogP contribution in [-0.2, 0) is 13.1 Å². The first-order valence-electron chi connectivity index (χ1n) is 8.72. The molecule has 0 aliphatic carbocycles. The Morgan fingerprint density at radius 2 is 2.12 bits per heavy atom. The van der Waals surface area contributed by atoms with E-state index in [9.17, 15) is 4.79 Å². The molecule has 1 atom stereocenters.